The highest BCUT2D eigenvalue weighted by atomic mass is 16.6. The maximum absolute atomic E-state index is 12.3. The van der Waals surface area contributed by atoms with E-state index in [2.05, 4.69) is 10.6 Å². The summed E-state index contributed by atoms with van der Waals surface area (Å²) in [5.41, 5.74) is 7.47. The second kappa shape index (κ2) is 14.2. The summed E-state index contributed by atoms with van der Waals surface area (Å²) in [5.74, 6) is -0.743. The number of piperidine rings is 1. The number of anilines is 1. The summed E-state index contributed by atoms with van der Waals surface area (Å²) in [6.07, 6.45) is 0.531. The molecular formula is C23H36N4O6. The number of nitrogens with one attached hydrogen (secondary N) is 2. The lowest BCUT2D eigenvalue weighted by atomic mass is 10.0. The van der Waals surface area contributed by atoms with Crippen molar-refractivity contribution in [3.8, 4) is 0 Å². The van der Waals surface area contributed by atoms with Crippen LogP contribution < -0.4 is 16.4 Å². The fourth-order valence-corrected chi connectivity index (χ4v) is 3.59. The van der Waals surface area contributed by atoms with Crippen LogP contribution in [0.25, 0.3) is 0 Å². The van der Waals surface area contributed by atoms with Gasteiger partial charge in [-0.15, -0.1) is 0 Å². The summed E-state index contributed by atoms with van der Waals surface area (Å²) in [6, 6.07) is 4.85. The van der Waals surface area contributed by atoms with Crippen molar-refractivity contribution in [3.63, 3.8) is 0 Å². The Morgan fingerprint density at radius 3 is 2.33 bits per heavy atom. The summed E-state index contributed by atoms with van der Waals surface area (Å²) in [6.45, 7) is 3.24. The molecule has 10 heteroatoms. The van der Waals surface area contributed by atoms with Crippen molar-refractivity contribution >= 4 is 17.5 Å². The minimum Gasteiger partial charge on any atom is -0.382 e. The highest BCUT2D eigenvalue weighted by Crippen LogP contribution is 2.32. The second-order valence-electron chi connectivity index (χ2n) is 7.65. The van der Waals surface area contributed by atoms with Gasteiger partial charge in [0.1, 0.15) is 0 Å². The molecule has 0 spiro atoms. The number of nitrogens with zero attached hydrogens (tertiary/aromatic N) is 1. The van der Waals surface area contributed by atoms with Gasteiger partial charge in [0.05, 0.1) is 58.9 Å². The van der Waals surface area contributed by atoms with Crippen LogP contribution in [0.5, 0.6) is 0 Å². The third-order valence-electron chi connectivity index (χ3n) is 5.22. The molecule has 3 atom stereocenters. The Bertz CT molecular complexity index is 833. The van der Waals surface area contributed by atoms with E-state index in [1.165, 1.54) is 0 Å². The number of hydrogen-bond acceptors (Lipinski definition) is 9. The smallest absolute Gasteiger partial charge is 0.243 e. The fourth-order valence-electron chi connectivity index (χ4n) is 3.59. The van der Waals surface area contributed by atoms with Crippen LogP contribution >= 0.6 is 0 Å². The van der Waals surface area contributed by atoms with Crippen molar-refractivity contribution in [3.05, 3.63) is 29.3 Å². The number of benzene rings is 1. The van der Waals surface area contributed by atoms with Gasteiger partial charge in [-0.2, -0.15) is 0 Å². The van der Waals surface area contributed by atoms with E-state index in [0.29, 0.717) is 83.5 Å². The normalized spacial score (nSPS) is 23.7. The lowest BCUT2D eigenvalue weighted by Gasteiger charge is -2.29. The van der Waals surface area contributed by atoms with Gasteiger partial charge in [-0.3, -0.25) is 19.8 Å². The van der Waals surface area contributed by atoms with E-state index in [-0.39, 0.29) is 12.3 Å². The molecule has 3 rings (SSSR count). The molecule has 1 aromatic carbocycles. The first-order chi connectivity index (χ1) is 17.0. The number of rotatable bonds is 16. The molecule has 2 amide bonds. The van der Waals surface area contributed by atoms with Crippen LogP contribution in [0.15, 0.2) is 18.2 Å². The first-order valence-electron chi connectivity index (χ1n) is 12.5. The van der Waals surface area contributed by atoms with Gasteiger partial charge in [-0.1, -0.05) is 12.1 Å². The van der Waals surface area contributed by atoms with E-state index in [1.807, 2.05) is 18.2 Å². The molecule has 0 aromatic heterocycles. The minimum atomic E-state index is -0.871. The molecule has 2 heterocycles. The van der Waals surface area contributed by atoms with E-state index in [1.54, 1.807) is 4.90 Å². The van der Waals surface area contributed by atoms with E-state index in [9.17, 15) is 9.59 Å². The number of hydrogen-bond donors (Lipinski definition) is 3. The number of imide groups is 1. The molecule has 0 aliphatic carbocycles. The van der Waals surface area contributed by atoms with Gasteiger partial charge in [0, 0.05) is 41.0 Å². The summed E-state index contributed by atoms with van der Waals surface area (Å²) in [7, 11) is 0. The summed E-state index contributed by atoms with van der Waals surface area (Å²) in [5, 5.41) is 5.61. The van der Waals surface area contributed by atoms with E-state index >= 15 is 0 Å². The lowest BCUT2D eigenvalue weighted by Crippen LogP contribution is -2.50. The van der Waals surface area contributed by atoms with Crippen molar-refractivity contribution < 1.29 is 31.3 Å². The molecule has 1 fully saturated rings. The van der Waals surface area contributed by atoms with Gasteiger partial charge < -0.3 is 30.0 Å². The third kappa shape index (κ3) is 8.33. The number of fused-ring (bicyclic) bond motifs is 1. The van der Waals surface area contributed by atoms with Crippen LogP contribution in [0.2, 0.25) is 0 Å². The van der Waals surface area contributed by atoms with Crippen LogP contribution in [-0.2, 0) is 41.6 Å². The zero-order valence-corrected chi connectivity index (χ0v) is 18.9. The van der Waals surface area contributed by atoms with Crippen molar-refractivity contribution in [2.75, 3.05) is 71.3 Å². The molecule has 33 heavy (non-hydrogen) atoms. The molecule has 2 aliphatic heterocycles. The maximum Gasteiger partial charge on any atom is 0.243 e. The predicted octanol–water partition coefficient (Wildman–Crippen LogP) is 0.244. The standard InChI is InChI=1S/C23H36N4O6/c24-6-8-30-10-12-32-14-15-33-13-11-31-9-7-25-20-3-1-2-18-16-27(17-19(18)20)21-4-5-22(28)26-23(21)29/h1-3,21,25H,4-17,24H2,(H,26,28,29)/i16D,17D. The lowest BCUT2D eigenvalue weighted by molar-refractivity contribution is -0.137. The summed E-state index contributed by atoms with van der Waals surface area (Å²) < 4.78 is 39.0. The Labute approximate surface area is 197 Å². The van der Waals surface area contributed by atoms with Crippen LogP contribution in [0, 0.1) is 0 Å². The zero-order chi connectivity index (χ0) is 25.0. The van der Waals surface area contributed by atoms with Crippen LogP contribution in [0.3, 0.4) is 0 Å². The highest BCUT2D eigenvalue weighted by Gasteiger charge is 2.35. The quantitative estimate of drug-likeness (QED) is 0.232. The Morgan fingerprint density at radius 1 is 1.00 bits per heavy atom. The zero-order valence-electron chi connectivity index (χ0n) is 20.9. The topological polar surface area (TPSA) is 124 Å². The first-order valence-corrected chi connectivity index (χ1v) is 11.4. The molecule has 0 saturated carbocycles. The molecule has 2 aliphatic rings. The molecule has 184 valence electrons. The minimum absolute atomic E-state index is 0.214. The molecule has 1 saturated heterocycles. The molecule has 0 bridgehead atoms. The number of amides is 2. The second-order valence-corrected chi connectivity index (χ2v) is 7.65. The predicted molar refractivity (Wildman–Crippen MR) is 123 cm³/mol. The van der Waals surface area contributed by atoms with Gasteiger partial charge in [0.15, 0.2) is 0 Å². The van der Waals surface area contributed by atoms with Gasteiger partial charge in [0.2, 0.25) is 11.8 Å². The number of nitrogens with two attached hydrogens (primary N) is 1. The van der Waals surface area contributed by atoms with Gasteiger partial charge in [-0.25, -0.2) is 0 Å². The largest absolute Gasteiger partial charge is 0.382 e. The molecule has 10 nitrogen and oxygen atoms in total. The van der Waals surface area contributed by atoms with Gasteiger partial charge in [0.25, 0.3) is 0 Å². The van der Waals surface area contributed by atoms with Crippen molar-refractivity contribution in [1.82, 2.24) is 10.2 Å². The molecule has 1 aromatic rings. The molecule has 0 radical (unpaired) electrons. The molecular weight excluding hydrogens is 428 g/mol. The summed E-state index contributed by atoms with van der Waals surface area (Å²) >= 11 is 0. The summed E-state index contributed by atoms with van der Waals surface area (Å²) in [4.78, 5) is 25.4. The van der Waals surface area contributed by atoms with Crippen LogP contribution in [-0.4, -0.2) is 88.7 Å². The van der Waals surface area contributed by atoms with E-state index in [0.717, 1.165) is 5.69 Å². The Balaban J connectivity index is 1.35. The molecule has 4 N–H and O–H groups in total. The number of carbonyl (C=O) groups excluding carboxylic acids is 2. The maximum atomic E-state index is 12.3. The monoisotopic (exact) mass is 466 g/mol. The average Bonchev–Trinajstić information content (AvgIpc) is 3.10. The fraction of sp³-hybridized carbons (Fsp3) is 0.652. The van der Waals surface area contributed by atoms with Crippen molar-refractivity contribution in [2.45, 2.75) is 31.9 Å². The van der Waals surface area contributed by atoms with Gasteiger partial charge >= 0.3 is 0 Å². The number of carbonyl (C=O) groups is 2. The Hall–Kier alpha value is -2.08. The van der Waals surface area contributed by atoms with E-state index < -0.39 is 25.0 Å². The van der Waals surface area contributed by atoms with E-state index in [4.69, 9.17) is 27.4 Å². The Morgan fingerprint density at radius 2 is 1.67 bits per heavy atom. The average molecular weight is 467 g/mol. The first kappa shape index (κ1) is 22.7. The highest BCUT2D eigenvalue weighted by molar-refractivity contribution is 6.00. The van der Waals surface area contributed by atoms with Crippen molar-refractivity contribution in [2.24, 2.45) is 5.73 Å². The third-order valence-corrected chi connectivity index (χ3v) is 5.22. The van der Waals surface area contributed by atoms with Crippen molar-refractivity contribution in [1.29, 1.82) is 0 Å². The Kier molecular flexibility index (Phi) is 9.80. The van der Waals surface area contributed by atoms with Gasteiger partial charge in [-0.05, 0) is 23.6 Å². The van der Waals surface area contributed by atoms with Crippen LogP contribution in [0.4, 0.5) is 5.69 Å². The molecule has 3 unspecified atom stereocenters. The number of ether oxygens (including phenoxy) is 4. The SMILES string of the molecule is [2H]C1c2cccc(NCCOCCOCCOCCOCCN)c2C([2H])N1C1CCC(=O)NC1=O. The van der Waals surface area contributed by atoms with Crippen LogP contribution in [0.1, 0.15) is 26.7 Å².